The Morgan fingerprint density at radius 2 is 1.73 bits per heavy atom. The van der Waals surface area contributed by atoms with Gasteiger partial charge >= 0.3 is 0 Å². The van der Waals surface area contributed by atoms with E-state index in [1.807, 2.05) is 6.26 Å². The van der Waals surface area contributed by atoms with Gasteiger partial charge in [-0.25, -0.2) is 0 Å². The molecule has 1 aliphatic carbocycles. The standard InChI is InChI=1S/C21H18O/c1-16-6-8-17(9-7-16)10-11-18-12-13-19-4-3-5-20(15-22-2)21(19)14-18/h3-4,6-9,12-15H,5H2,1-2H3. The second kappa shape index (κ2) is 6.37. The Labute approximate surface area is 132 Å². The van der Waals surface area contributed by atoms with Crippen molar-refractivity contribution in [3.63, 3.8) is 0 Å². The third-order valence-electron chi connectivity index (χ3n) is 3.70. The number of rotatable bonds is 1. The number of hydrogen-bond donors (Lipinski definition) is 0. The van der Waals surface area contributed by atoms with Gasteiger partial charge in [0.25, 0.3) is 0 Å². The van der Waals surface area contributed by atoms with Crippen LogP contribution in [0.1, 0.15) is 34.2 Å². The molecule has 0 amide bonds. The van der Waals surface area contributed by atoms with E-state index in [2.05, 4.69) is 73.4 Å². The van der Waals surface area contributed by atoms with Gasteiger partial charge in [-0.05, 0) is 54.3 Å². The van der Waals surface area contributed by atoms with Gasteiger partial charge in [-0.3, -0.25) is 0 Å². The molecule has 0 unspecified atom stereocenters. The number of benzene rings is 2. The van der Waals surface area contributed by atoms with Gasteiger partial charge in [-0.1, -0.05) is 47.8 Å². The summed E-state index contributed by atoms with van der Waals surface area (Å²) in [7, 11) is 1.69. The number of allylic oxidation sites excluding steroid dienone is 2. The number of aryl methyl sites for hydroxylation is 1. The van der Waals surface area contributed by atoms with Gasteiger partial charge in [0.15, 0.2) is 0 Å². The maximum absolute atomic E-state index is 5.19. The molecular weight excluding hydrogens is 268 g/mol. The molecule has 0 aliphatic heterocycles. The first-order valence-corrected chi connectivity index (χ1v) is 7.38. The van der Waals surface area contributed by atoms with Crippen molar-refractivity contribution < 1.29 is 4.74 Å². The molecule has 0 N–H and O–H groups in total. The molecule has 1 heteroatoms. The third kappa shape index (κ3) is 3.13. The van der Waals surface area contributed by atoms with Crippen molar-refractivity contribution in [3.05, 3.63) is 82.6 Å². The second-order valence-electron chi connectivity index (χ2n) is 5.40. The van der Waals surface area contributed by atoms with Crippen molar-refractivity contribution >= 4 is 11.6 Å². The maximum Gasteiger partial charge on any atom is 0.0865 e. The summed E-state index contributed by atoms with van der Waals surface area (Å²) in [6, 6.07) is 14.6. The molecular formula is C21H18O. The highest BCUT2D eigenvalue weighted by Crippen LogP contribution is 2.29. The number of fused-ring (bicyclic) bond motifs is 1. The highest BCUT2D eigenvalue weighted by Gasteiger charge is 2.10. The molecule has 0 radical (unpaired) electrons. The lowest BCUT2D eigenvalue weighted by atomic mass is 9.91. The molecule has 3 rings (SSSR count). The van der Waals surface area contributed by atoms with Crippen LogP contribution in [0.25, 0.3) is 11.6 Å². The lowest BCUT2D eigenvalue weighted by Gasteiger charge is -2.14. The summed E-state index contributed by atoms with van der Waals surface area (Å²) in [5.74, 6) is 6.47. The quantitative estimate of drug-likeness (QED) is 0.540. The lowest BCUT2D eigenvalue weighted by Crippen LogP contribution is -1.95. The van der Waals surface area contributed by atoms with Crippen molar-refractivity contribution in [2.24, 2.45) is 0 Å². The van der Waals surface area contributed by atoms with Crippen molar-refractivity contribution in [2.75, 3.05) is 7.11 Å². The Balaban J connectivity index is 1.94. The molecule has 0 saturated carbocycles. The number of ether oxygens (including phenoxy) is 1. The Hall–Kier alpha value is -2.72. The molecule has 0 aromatic heterocycles. The van der Waals surface area contributed by atoms with E-state index in [1.165, 1.54) is 22.3 Å². The van der Waals surface area contributed by atoms with Crippen LogP contribution in [0.2, 0.25) is 0 Å². The molecule has 0 fully saturated rings. The third-order valence-corrected chi connectivity index (χ3v) is 3.70. The molecule has 0 heterocycles. The van der Waals surface area contributed by atoms with E-state index in [0.717, 1.165) is 17.5 Å². The number of hydrogen-bond acceptors (Lipinski definition) is 1. The van der Waals surface area contributed by atoms with Crippen LogP contribution in [0, 0.1) is 18.8 Å². The zero-order valence-corrected chi connectivity index (χ0v) is 12.9. The van der Waals surface area contributed by atoms with E-state index >= 15 is 0 Å². The highest BCUT2D eigenvalue weighted by molar-refractivity contribution is 5.79. The summed E-state index contributed by atoms with van der Waals surface area (Å²) in [4.78, 5) is 0. The molecule has 0 saturated heterocycles. The second-order valence-corrected chi connectivity index (χ2v) is 5.40. The fourth-order valence-corrected chi connectivity index (χ4v) is 2.52. The summed E-state index contributed by atoms with van der Waals surface area (Å²) in [5.41, 5.74) is 6.93. The summed E-state index contributed by atoms with van der Waals surface area (Å²) in [6.07, 6.45) is 7.03. The average molecular weight is 286 g/mol. The van der Waals surface area contributed by atoms with Crippen LogP contribution in [0.5, 0.6) is 0 Å². The first-order valence-electron chi connectivity index (χ1n) is 7.38. The van der Waals surface area contributed by atoms with Crippen molar-refractivity contribution in [1.82, 2.24) is 0 Å². The Bertz CT molecular complexity index is 796. The molecule has 0 atom stereocenters. The average Bonchev–Trinajstić information content (AvgIpc) is 2.55. The minimum absolute atomic E-state index is 0.898. The predicted molar refractivity (Wildman–Crippen MR) is 92.2 cm³/mol. The first kappa shape index (κ1) is 14.2. The van der Waals surface area contributed by atoms with Gasteiger partial charge in [-0.2, -0.15) is 0 Å². The van der Waals surface area contributed by atoms with Crippen molar-refractivity contribution in [2.45, 2.75) is 13.3 Å². The lowest BCUT2D eigenvalue weighted by molar-refractivity contribution is 0.339. The molecule has 2 aromatic rings. The van der Waals surface area contributed by atoms with E-state index in [4.69, 9.17) is 4.74 Å². The topological polar surface area (TPSA) is 9.23 Å². The maximum atomic E-state index is 5.19. The Morgan fingerprint density at radius 3 is 2.50 bits per heavy atom. The fourth-order valence-electron chi connectivity index (χ4n) is 2.52. The van der Waals surface area contributed by atoms with Crippen LogP contribution in [0.3, 0.4) is 0 Å². The molecule has 108 valence electrons. The SMILES string of the molecule is COC=C1CC=Cc2ccc(C#Cc3ccc(C)cc3)cc21. The van der Waals surface area contributed by atoms with Gasteiger partial charge in [0.05, 0.1) is 13.4 Å². The summed E-state index contributed by atoms with van der Waals surface area (Å²) in [6.45, 7) is 2.08. The normalized spacial score (nSPS) is 14.2. The smallest absolute Gasteiger partial charge is 0.0865 e. The molecule has 0 spiro atoms. The number of methoxy groups -OCH3 is 1. The van der Waals surface area contributed by atoms with Gasteiger partial charge in [0, 0.05) is 11.1 Å². The van der Waals surface area contributed by atoms with Crippen LogP contribution in [0.4, 0.5) is 0 Å². The summed E-state index contributed by atoms with van der Waals surface area (Å²) >= 11 is 0. The summed E-state index contributed by atoms with van der Waals surface area (Å²) < 4.78 is 5.19. The van der Waals surface area contributed by atoms with E-state index in [1.54, 1.807) is 7.11 Å². The largest absolute Gasteiger partial charge is 0.504 e. The van der Waals surface area contributed by atoms with Crippen LogP contribution in [-0.2, 0) is 4.74 Å². The predicted octanol–water partition coefficient (Wildman–Crippen LogP) is 4.80. The summed E-state index contributed by atoms with van der Waals surface area (Å²) in [5, 5.41) is 0. The van der Waals surface area contributed by atoms with Crippen LogP contribution >= 0.6 is 0 Å². The van der Waals surface area contributed by atoms with E-state index in [0.29, 0.717) is 0 Å². The Kier molecular flexibility index (Phi) is 4.12. The Morgan fingerprint density at radius 1 is 1.00 bits per heavy atom. The van der Waals surface area contributed by atoms with Crippen LogP contribution < -0.4 is 0 Å². The molecule has 0 bridgehead atoms. The molecule has 2 aromatic carbocycles. The zero-order valence-electron chi connectivity index (χ0n) is 12.9. The monoisotopic (exact) mass is 286 g/mol. The van der Waals surface area contributed by atoms with E-state index < -0.39 is 0 Å². The minimum Gasteiger partial charge on any atom is -0.504 e. The molecule has 22 heavy (non-hydrogen) atoms. The molecule has 1 nitrogen and oxygen atoms in total. The van der Waals surface area contributed by atoms with Gasteiger partial charge in [0.1, 0.15) is 0 Å². The van der Waals surface area contributed by atoms with E-state index in [9.17, 15) is 0 Å². The van der Waals surface area contributed by atoms with E-state index in [-0.39, 0.29) is 0 Å². The van der Waals surface area contributed by atoms with Crippen molar-refractivity contribution in [3.8, 4) is 11.8 Å². The van der Waals surface area contributed by atoms with Gasteiger partial charge in [-0.15, -0.1) is 0 Å². The van der Waals surface area contributed by atoms with Crippen molar-refractivity contribution in [1.29, 1.82) is 0 Å². The molecule has 1 aliphatic rings. The highest BCUT2D eigenvalue weighted by atomic mass is 16.5. The van der Waals surface area contributed by atoms with Crippen LogP contribution in [-0.4, -0.2) is 7.11 Å². The fraction of sp³-hybridized carbons (Fsp3) is 0.143. The minimum atomic E-state index is 0.898. The zero-order chi connectivity index (χ0) is 15.4. The first-order chi connectivity index (χ1) is 10.8. The van der Waals surface area contributed by atoms with Gasteiger partial charge in [0.2, 0.25) is 0 Å². The van der Waals surface area contributed by atoms with Crippen LogP contribution in [0.15, 0.2) is 54.8 Å². The van der Waals surface area contributed by atoms with Gasteiger partial charge < -0.3 is 4.74 Å².